The van der Waals surface area contributed by atoms with Crippen LogP contribution in [0.1, 0.15) is 72.6 Å². The van der Waals surface area contributed by atoms with Gasteiger partial charge in [0.1, 0.15) is 6.10 Å². The SMILES string of the molecule is CC(=O)O[C@@H]1CC2=CC[C@H]3[C@@H]4CC[C@H]([C@H](C)CO)[C@@]4(C)CC[C@@H]3[C@@]2(C)[C@@H](O)C1. The van der Waals surface area contributed by atoms with Gasteiger partial charge in [-0.05, 0) is 67.1 Å². The lowest BCUT2D eigenvalue weighted by atomic mass is 9.46. The van der Waals surface area contributed by atoms with Gasteiger partial charge in [0, 0.05) is 31.8 Å². The summed E-state index contributed by atoms with van der Waals surface area (Å²) >= 11 is 0. The van der Waals surface area contributed by atoms with Crippen LogP contribution in [0.15, 0.2) is 11.6 Å². The number of allylic oxidation sites excluding steroid dienone is 1. The first-order valence-corrected chi connectivity index (χ1v) is 11.4. The first-order valence-electron chi connectivity index (χ1n) is 11.4. The van der Waals surface area contributed by atoms with Crippen molar-refractivity contribution in [2.45, 2.75) is 84.8 Å². The number of hydrogen-bond acceptors (Lipinski definition) is 4. The minimum Gasteiger partial charge on any atom is -0.462 e. The van der Waals surface area contributed by atoms with Gasteiger partial charge in [-0.3, -0.25) is 4.79 Å². The number of hydrogen-bond donors (Lipinski definition) is 2. The Bertz CT molecular complexity index is 657. The molecule has 0 unspecified atom stereocenters. The van der Waals surface area contributed by atoms with Crippen molar-refractivity contribution in [3.8, 4) is 0 Å². The second-order valence-electron chi connectivity index (χ2n) is 10.7. The molecule has 4 aliphatic carbocycles. The molecule has 3 saturated carbocycles. The fourth-order valence-electron chi connectivity index (χ4n) is 8.11. The highest BCUT2D eigenvalue weighted by atomic mass is 16.5. The van der Waals surface area contributed by atoms with Gasteiger partial charge in [0.25, 0.3) is 0 Å². The van der Waals surface area contributed by atoms with Gasteiger partial charge in [-0.1, -0.05) is 32.4 Å². The normalized spacial score (nSPS) is 48.7. The highest BCUT2D eigenvalue weighted by Crippen LogP contribution is 2.67. The Balaban J connectivity index is 1.61. The zero-order valence-corrected chi connectivity index (χ0v) is 18.0. The average Bonchev–Trinajstić information content (AvgIpc) is 2.99. The molecule has 9 atom stereocenters. The van der Waals surface area contributed by atoms with Gasteiger partial charge in [0.05, 0.1) is 6.10 Å². The predicted molar refractivity (Wildman–Crippen MR) is 108 cm³/mol. The van der Waals surface area contributed by atoms with Crippen molar-refractivity contribution in [2.24, 2.45) is 40.4 Å². The van der Waals surface area contributed by atoms with Gasteiger partial charge in [0.15, 0.2) is 0 Å². The van der Waals surface area contributed by atoms with E-state index in [0.29, 0.717) is 48.0 Å². The van der Waals surface area contributed by atoms with Crippen molar-refractivity contribution in [3.05, 3.63) is 11.6 Å². The molecule has 0 aromatic heterocycles. The van der Waals surface area contributed by atoms with E-state index in [2.05, 4.69) is 26.8 Å². The standard InChI is InChI=1S/C24H38O4/c1-14(13-25)19-7-8-20-18-6-5-16-11-17(28-15(2)26)12-22(27)24(16,4)21(18)9-10-23(19,20)3/h5,14,17-22,25,27H,6-13H2,1-4H3/t14-,17-,18+,19-,20+,21+,22+,23-,24+/m1/s1. The lowest BCUT2D eigenvalue weighted by Crippen LogP contribution is -2.56. The number of rotatable bonds is 3. The van der Waals surface area contributed by atoms with Crippen LogP contribution < -0.4 is 0 Å². The van der Waals surface area contributed by atoms with Gasteiger partial charge in [-0.2, -0.15) is 0 Å². The molecule has 0 aromatic rings. The summed E-state index contributed by atoms with van der Waals surface area (Å²) in [7, 11) is 0. The Kier molecular flexibility index (Phi) is 5.19. The number of aliphatic hydroxyl groups excluding tert-OH is 2. The highest BCUT2D eigenvalue weighted by Gasteiger charge is 2.61. The Hall–Kier alpha value is -0.870. The van der Waals surface area contributed by atoms with Gasteiger partial charge >= 0.3 is 5.97 Å². The van der Waals surface area contributed by atoms with Crippen molar-refractivity contribution in [2.75, 3.05) is 6.61 Å². The Morgan fingerprint density at radius 3 is 2.71 bits per heavy atom. The smallest absolute Gasteiger partial charge is 0.302 e. The maximum Gasteiger partial charge on any atom is 0.302 e. The molecule has 0 spiro atoms. The highest BCUT2D eigenvalue weighted by molar-refractivity contribution is 5.66. The van der Waals surface area contributed by atoms with Gasteiger partial charge < -0.3 is 14.9 Å². The van der Waals surface area contributed by atoms with E-state index in [1.807, 2.05) is 0 Å². The van der Waals surface area contributed by atoms with E-state index < -0.39 is 6.10 Å². The van der Waals surface area contributed by atoms with E-state index in [1.54, 1.807) is 0 Å². The van der Waals surface area contributed by atoms with Crippen LogP contribution in [0.3, 0.4) is 0 Å². The van der Waals surface area contributed by atoms with E-state index in [9.17, 15) is 15.0 Å². The quantitative estimate of drug-likeness (QED) is 0.562. The van der Waals surface area contributed by atoms with Crippen LogP contribution in [0, 0.1) is 40.4 Å². The molecule has 0 aromatic carbocycles. The summed E-state index contributed by atoms with van der Waals surface area (Å²) in [5.74, 6) is 2.58. The largest absolute Gasteiger partial charge is 0.462 e. The molecule has 2 N–H and O–H groups in total. The predicted octanol–water partition coefficient (Wildman–Crippen LogP) is 4.10. The summed E-state index contributed by atoms with van der Waals surface area (Å²) < 4.78 is 5.47. The third-order valence-electron chi connectivity index (χ3n) is 9.54. The van der Waals surface area contributed by atoms with E-state index in [-0.39, 0.29) is 17.5 Å². The molecule has 0 aliphatic heterocycles. The Morgan fingerprint density at radius 1 is 1.29 bits per heavy atom. The molecular formula is C24H38O4. The fraction of sp³-hybridized carbons (Fsp3) is 0.875. The molecule has 28 heavy (non-hydrogen) atoms. The van der Waals surface area contributed by atoms with Crippen molar-refractivity contribution in [3.63, 3.8) is 0 Å². The lowest BCUT2D eigenvalue weighted by Gasteiger charge is -2.59. The molecule has 4 heteroatoms. The van der Waals surface area contributed by atoms with Gasteiger partial charge in [-0.15, -0.1) is 0 Å². The molecule has 4 nitrogen and oxygen atoms in total. The monoisotopic (exact) mass is 390 g/mol. The lowest BCUT2D eigenvalue weighted by molar-refractivity contribution is -0.154. The molecule has 0 radical (unpaired) electrons. The topological polar surface area (TPSA) is 66.8 Å². The molecule has 0 heterocycles. The number of fused-ring (bicyclic) bond motifs is 5. The zero-order valence-electron chi connectivity index (χ0n) is 18.0. The van der Waals surface area contributed by atoms with Crippen molar-refractivity contribution in [1.82, 2.24) is 0 Å². The van der Waals surface area contributed by atoms with Crippen LogP contribution in [0.5, 0.6) is 0 Å². The summed E-state index contributed by atoms with van der Waals surface area (Å²) in [6, 6.07) is 0. The third kappa shape index (κ3) is 2.89. The van der Waals surface area contributed by atoms with Crippen molar-refractivity contribution >= 4 is 5.97 Å². The van der Waals surface area contributed by atoms with Crippen LogP contribution in [-0.4, -0.2) is 35.0 Å². The van der Waals surface area contributed by atoms with Gasteiger partial charge in [-0.25, -0.2) is 0 Å². The Morgan fingerprint density at radius 2 is 2.04 bits per heavy atom. The molecule has 0 saturated heterocycles. The summed E-state index contributed by atoms with van der Waals surface area (Å²) in [5.41, 5.74) is 1.47. The van der Waals surface area contributed by atoms with Crippen LogP contribution in [-0.2, 0) is 9.53 Å². The molecule has 3 fully saturated rings. The zero-order chi connectivity index (χ0) is 20.3. The van der Waals surface area contributed by atoms with E-state index in [1.165, 1.54) is 31.8 Å². The summed E-state index contributed by atoms with van der Waals surface area (Å²) in [4.78, 5) is 11.4. The molecular weight excluding hydrogens is 352 g/mol. The van der Waals surface area contributed by atoms with Crippen molar-refractivity contribution in [1.29, 1.82) is 0 Å². The summed E-state index contributed by atoms with van der Waals surface area (Å²) in [6.45, 7) is 8.71. The maximum atomic E-state index is 11.4. The minimum absolute atomic E-state index is 0.179. The summed E-state index contributed by atoms with van der Waals surface area (Å²) in [5, 5.41) is 21.0. The van der Waals surface area contributed by atoms with Crippen LogP contribution in [0.25, 0.3) is 0 Å². The average molecular weight is 391 g/mol. The fourth-order valence-corrected chi connectivity index (χ4v) is 8.11. The first kappa shape index (κ1) is 20.4. The van der Waals surface area contributed by atoms with Crippen molar-refractivity contribution < 1.29 is 19.7 Å². The van der Waals surface area contributed by atoms with E-state index >= 15 is 0 Å². The second kappa shape index (κ2) is 7.12. The van der Waals surface area contributed by atoms with Crippen LogP contribution in [0.2, 0.25) is 0 Å². The van der Waals surface area contributed by atoms with Crippen LogP contribution >= 0.6 is 0 Å². The van der Waals surface area contributed by atoms with Gasteiger partial charge in [0.2, 0.25) is 0 Å². The molecule has 4 aliphatic rings. The molecule has 158 valence electrons. The number of ether oxygens (including phenoxy) is 1. The number of esters is 1. The first-order chi connectivity index (χ1) is 13.2. The second-order valence-corrected chi connectivity index (χ2v) is 10.7. The van der Waals surface area contributed by atoms with Crippen LogP contribution in [0.4, 0.5) is 0 Å². The number of aliphatic hydroxyl groups is 2. The Labute approximate surface area is 169 Å². The summed E-state index contributed by atoms with van der Waals surface area (Å²) in [6.07, 6.45) is 9.05. The molecule has 4 rings (SSSR count). The number of carbonyl (C=O) groups is 1. The molecule has 0 bridgehead atoms. The minimum atomic E-state index is -0.442. The third-order valence-corrected chi connectivity index (χ3v) is 9.54. The number of carbonyl (C=O) groups excluding carboxylic acids is 1. The molecule has 0 amide bonds. The maximum absolute atomic E-state index is 11.4. The van der Waals surface area contributed by atoms with E-state index in [0.717, 1.165) is 19.3 Å². The van der Waals surface area contributed by atoms with E-state index in [4.69, 9.17) is 4.74 Å².